The van der Waals surface area contributed by atoms with E-state index in [9.17, 15) is 4.79 Å². The number of aryl methyl sites for hydroxylation is 1. The zero-order valence-corrected chi connectivity index (χ0v) is 5.87. The lowest BCUT2D eigenvalue weighted by Gasteiger charge is -1.98. The van der Waals surface area contributed by atoms with E-state index in [-0.39, 0.29) is 5.97 Å². The third-order valence-electron chi connectivity index (χ3n) is 1.02. The third-order valence-corrected chi connectivity index (χ3v) is 1.02. The highest BCUT2D eigenvalue weighted by molar-refractivity contribution is 5.68. The highest BCUT2D eigenvalue weighted by atomic mass is 16.5. The first-order valence-electron chi connectivity index (χ1n) is 2.86. The van der Waals surface area contributed by atoms with Crippen LogP contribution in [0.25, 0.3) is 0 Å². The summed E-state index contributed by atoms with van der Waals surface area (Å²) in [6.45, 7) is 1.35. The molecule has 0 atom stereocenters. The summed E-state index contributed by atoms with van der Waals surface area (Å²) in [6.07, 6.45) is 1.57. The van der Waals surface area contributed by atoms with Gasteiger partial charge in [0.15, 0.2) is 0 Å². The molecule has 1 rings (SSSR count). The lowest BCUT2D eigenvalue weighted by atomic mass is 10.7. The Balaban J connectivity index is 2.74. The minimum Gasteiger partial charge on any atom is -0.408 e. The molecule has 1 aromatic rings. The van der Waals surface area contributed by atoms with Crippen molar-refractivity contribution < 1.29 is 9.53 Å². The maximum absolute atomic E-state index is 10.4. The number of carbonyl (C=O) groups is 1. The fourth-order valence-electron chi connectivity index (χ4n) is 0.609. The molecule has 0 saturated heterocycles. The van der Waals surface area contributed by atoms with Gasteiger partial charge in [0.2, 0.25) is 5.88 Å². The smallest absolute Gasteiger partial charge is 0.309 e. The maximum atomic E-state index is 10.4. The molecule has 0 amide bonds. The maximum Gasteiger partial charge on any atom is 0.309 e. The van der Waals surface area contributed by atoms with Gasteiger partial charge in [0.1, 0.15) is 0 Å². The lowest BCUT2D eigenvalue weighted by Crippen LogP contribution is -2.05. The van der Waals surface area contributed by atoms with Gasteiger partial charge in [-0.15, -0.1) is 0 Å². The van der Waals surface area contributed by atoms with E-state index in [1.807, 2.05) is 0 Å². The van der Waals surface area contributed by atoms with Crippen LogP contribution in [0.1, 0.15) is 6.92 Å². The molecule has 4 nitrogen and oxygen atoms in total. The summed E-state index contributed by atoms with van der Waals surface area (Å²) in [5.41, 5.74) is 0. The first kappa shape index (κ1) is 6.80. The lowest BCUT2D eigenvalue weighted by molar-refractivity contribution is -0.132. The molecule has 0 spiro atoms. The van der Waals surface area contributed by atoms with Crippen molar-refractivity contribution in [3.05, 3.63) is 12.3 Å². The minimum atomic E-state index is -0.330. The van der Waals surface area contributed by atoms with Gasteiger partial charge in [-0.3, -0.25) is 4.79 Å². The van der Waals surface area contributed by atoms with E-state index in [1.165, 1.54) is 11.6 Å². The Labute approximate surface area is 58.4 Å². The first-order chi connectivity index (χ1) is 4.70. The van der Waals surface area contributed by atoms with Crippen LogP contribution in [0.2, 0.25) is 0 Å². The van der Waals surface area contributed by atoms with Gasteiger partial charge < -0.3 is 4.74 Å². The largest absolute Gasteiger partial charge is 0.408 e. The highest BCUT2D eigenvalue weighted by Gasteiger charge is 2.00. The average molecular weight is 140 g/mol. The monoisotopic (exact) mass is 140 g/mol. The SMILES string of the molecule is CC(=O)Oc1ccnn1C. The second-order valence-electron chi connectivity index (χ2n) is 1.89. The van der Waals surface area contributed by atoms with E-state index in [0.717, 1.165) is 0 Å². The summed E-state index contributed by atoms with van der Waals surface area (Å²) in [4.78, 5) is 10.4. The molecule has 0 unspecified atom stereocenters. The molecule has 0 fully saturated rings. The summed E-state index contributed by atoms with van der Waals surface area (Å²) < 4.78 is 6.23. The molecule has 0 aliphatic carbocycles. The van der Waals surface area contributed by atoms with Crippen LogP contribution in [0, 0.1) is 0 Å². The quantitative estimate of drug-likeness (QED) is 0.528. The van der Waals surface area contributed by atoms with Gasteiger partial charge in [0, 0.05) is 20.0 Å². The predicted molar refractivity (Wildman–Crippen MR) is 34.5 cm³/mol. The van der Waals surface area contributed by atoms with Crippen LogP contribution >= 0.6 is 0 Å². The summed E-state index contributed by atoms with van der Waals surface area (Å²) in [7, 11) is 1.71. The highest BCUT2D eigenvalue weighted by Crippen LogP contribution is 2.05. The molecular formula is C6H8N2O2. The number of hydrogen-bond donors (Lipinski definition) is 0. The second kappa shape index (κ2) is 2.51. The van der Waals surface area contributed by atoms with Gasteiger partial charge in [-0.05, 0) is 0 Å². The van der Waals surface area contributed by atoms with Gasteiger partial charge in [0.25, 0.3) is 0 Å². The van der Waals surface area contributed by atoms with Gasteiger partial charge in [0.05, 0.1) is 6.20 Å². The molecule has 0 aromatic carbocycles. The summed E-state index contributed by atoms with van der Waals surface area (Å²) in [5, 5.41) is 3.81. The molecule has 1 heterocycles. The number of rotatable bonds is 1. The number of nitrogens with zero attached hydrogens (tertiary/aromatic N) is 2. The molecule has 0 radical (unpaired) electrons. The topological polar surface area (TPSA) is 44.1 Å². The van der Waals surface area contributed by atoms with Crippen molar-refractivity contribution in [1.82, 2.24) is 9.78 Å². The molecule has 1 aromatic heterocycles. The number of esters is 1. The summed E-state index contributed by atoms with van der Waals surface area (Å²) in [6, 6.07) is 1.63. The van der Waals surface area contributed by atoms with E-state index in [0.29, 0.717) is 5.88 Å². The zero-order valence-electron chi connectivity index (χ0n) is 5.87. The standard InChI is InChI=1S/C6H8N2O2/c1-5(9)10-6-3-4-7-8(6)2/h3-4H,1-2H3. The number of ether oxygens (including phenoxy) is 1. The van der Waals surface area contributed by atoms with E-state index < -0.39 is 0 Å². The molecule has 0 aliphatic rings. The fraction of sp³-hybridized carbons (Fsp3) is 0.333. The predicted octanol–water partition coefficient (Wildman–Crippen LogP) is 0.345. The molecule has 4 heteroatoms. The van der Waals surface area contributed by atoms with Crippen molar-refractivity contribution in [2.24, 2.45) is 7.05 Å². The van der Waals surface area contributed by atoms with Crippen molar-refractivity contribution in [2.45, 2.75) is 6.92 Å². The second-order valence-corrected chi connectivity index (χ2v) is 1.89. The van der Waals surface area contributed by atoms with Gasteiger partial charge in [-0.25, -0.2) is 4.68 Å². The van der Waals surface area contributed by atoms with Crippen LogP contribution in [-0.2, 0) is 11.8 Å². The van der Waals surface area contributed by atoms with Crippen LogP contribution in [-0.4, -0.2) is 15.7 Å². The van der Waals surface area contributed by atoms with Crippen LogP contribution in [0.5, 0.6) is 5.88 Å². The van der Waals surface area contributed by atoms with Crippen LogP contribution < -0.4 is 4.74 Å². The van der Waals surface area contributed by atoms with E-state index in [2.05, 4.69) is 5.10 Å². The van der Waals surface area contributed by atoms with Gasteiger partial charge in [-0.2, -0.15) is 5.10 Å². The van der Waals surface area contributed by atoms with Crippen LogP contribution in [0.15, 0.2) is 12.3 Å². The normalized spacial score (nSPS) is 9.40. The van der Waals surface area contributed by atoms with Crippen molar-refractivity contribution >= 4 is 5.97 Å². The molecule has 0 N–H and O–H groups in total. The Morgan fingerprint density at radius 1 is 1.80 bits per heavy atom. The number of carbonyl (C=O) groups excluding carboxylic acids is 1. The Morgan fingerprint density at radius 2 is 2.50 bits per heavy atom. The van der Waals surface area contributed by atoms with Crippen LogP contribution in [0.3, 0.4) is 0 Å². The van der Waals surface area contributed by atoms with E-state index in [4.69, 9.17) is 4.74 Å². The molecule has 54 valence electrons. The first-order valence-corrected chi connectivity index (χ1v) is 2.86. The van der Waals surface area contributed by atoms with E-state index in [1.54, 1.807) is 19.3 Å². The Hall–Kier alpha value is -1.32. The summed E-state index contributed by atoms with van der Waals surface area (Å²) in [5.74, 6) is 0.135. The van der Waals surface area contributed by atoms with Crippen molar-refractivity contribution in [2.75, 3.05) is 0 Å². The van der Waals surface area contributed by atoms with Gasteiger partial charge >= 0.3 is 5.97 Å². The third kappa shape index (κ3) is 1.34. The van der Waals surface area contributed by atoms with Gasteiger partial charge in [-0.1, -0.05) is 0 Å². The average Bonchev–Trinajstić information content (AvgIpc) is 2.15. The zero-order chi connectivity index (χ0) is 7.56. The number of aromatic nitrogens is 2. The Morgan fingerprint density at radius 3 is 2.90 bits per heavy atom. The fourth-order valence-corrected chi connectivity index (χ4v) is 0.609. The van der Waals surface area contributed by atoms with Crippen molar-refractivity contribution in [1.29, 1.82) is 0 Å². The minimum absolute atomic E-state index is 0.330. The summed E-state index contributed by atoms with van der Waals surface area (Å²) >= 11 is 0. The Bertz CT molecular complexity index is 242. The molecular weight excluding hydrogens is 132 g/mol. The molecule has 10 heavy (non-hydrogen) atoms. The number of hydrogen-bond acceptors (Lipinski definition) is 3. The van der Waals surface area contributed by atoms with E-state index >= 15 is 0 Å². The van der Waals surface area contributed by atoms with Crippen LogP contribution in [0.4, 0.5) is 0 Å². The Kier molecular flexibility index (Phi) is 1.71. The molecule has 0 bridgehead atoms. The van der Waals surface area contributed by atoms with Crippen molar-refractivity contribution in [3.8, 4) is 5.88 Å². The molecule has 0 saturated carbocycles. The molecule has 0 aliphatic heterocycles. The van der Waals surface area contributed by atoms with Crippen molar-refractivity contribution in [3.63, 3.8) is 0 Å².